The van der Waals surface area contributed by atoms with Crippen LogP contribution >= 0.6 is 0 Å². The van der Waals surface area contributed by atoms with Gasteiger partial charge in [-0.1, -0.05) is 39.5 Å². The highest BCUT2D eigenvalue weighted by Crippen LogP contribution is 2.14. The first-order valence-electron chi connectivity index (χ1n) is 7.92. The Labute approximate surface area is 131 Å². The summed E-state index contributed by atoms with van der Waals surface area (Å²) in [6, 6.07) is 0. The van der Waals surface area contributed by atoms with Crippen molar-refractivity contribution < 1.29 is 29.0 Å². The summed E-state index contributed by atoms with van der Waals surface area (Å²) >= 11 is 0. The van der Waals surface area contributed by atoms with Crippen molar-refractivity contribution >= 4 is 23.5 Å². The fourth-order valence-corrected chi connectivity index (χ4v) is 1.97. The van der Waals surface area contributed by atoms with Crippen molar-refractivity contribution in [3.63, 3.8) is 0 Å². The van der Waals surface area contributed by atoms with E-state index in [0.29, 0.717) is 6.42 Å². The van der Waals surface area contributed by atoms with Gasteiger partial charge in [0.15, 0.2) is 0 Å². The van der Waals surface area contributed by atoms with E-state index in [4.69, 9.17) is 9.84 Å². The Hall–Kier alpha value is -1.72. The highest BCUT2D eigenvalue weighted by Gasteiger charge is 2.22. The van der Waals surface area contributed by atoms with Gasteiger partial charge in [0.25, 0.3) is 0 Å². The SMILES string of the molecule is CCCCCC(CCCC)OC(=O)C(=O)CCC(=O)C(=O)O. The number of aliphatic carboxylic acids is 1. The van der Waals surface area contributed by atoms with Crippen LogP contribution in [-0.2, 0) is 23.9 Å². The largest absolute Gasteiger partial charge is 0.476 e. The van der Waals surface area contributed by atoms with Crippen LogP contribution in [0.1, 0.15) is 71.6 Å². The Morgan fingerprint density at radius 1 is 0.864 bits per heavy atom. The van der Waals surface area contributed by atoms with Gasteiger partial charge in [-0.15, -0.1) is 0 Å². The summed E-state index contributed by atoms with van der Waals surface area (Å²) in [4.78, 5) is 44.5. The molecule has 0 aromatic heterocycles. The lowest BCUT2D eigenvalue weighted by Crippen LogP contribution is -2.25. The molecule has 0 aromatic carbocycles. The molecule has 0 saturated heterocycles. The van der Waals surface area contributed by atoms with E-state index in [0.717, 1.165) is 38.5 Å². The molecule has 0 fully saturated rings. The normalized spacial score (nSPS) is 11.7. The van der Waals surface area contributed by atoms with Gasteiger partial charge in [-0.05, 0) is 19.3 Å². The van der Waals surface area contributed by atoms with Gasteiger partial charge in [-0.3, -0.25) is 9.59 Å². The monoisotopic (exact) mass is 314 g/mol. The van der Waals surface area contributed by atoms with E-state index in [-0.39, 0.29) is 6.10 Å². The number of carbonyl (C=O) groups excluding carboxylic acids is 3. The van der Waals surface area contributed by atoms with E-state index < -0.39 is 36.3 Å². The third-order valence-electron chi connectivity index (χ3n) is 3.33. The molecule has 0 radical (unpaired) electrons. The van der Waals surface area contributed by atoms with E-state index in [1.54, 1.807) is 0 Å². The Morgan fingerprint density at radius 2 is 1.41 bits per heavy atom. The molecule has 0 heterocycles. The molecule has 0 amide bonds. The van der Waals surface area contributed by atoms with Gasteiger partial charge < -0.3 is 9.84 Å². The van der Waals surface area contributed by atoms with Crippen LogP contribution in [-0.4, -0.2) is 34.7 Å². The number of ketones is 2. The predicted molar refractivity (Wildman–Crippen MR) is 80.4 cm³/mol. The quantitative estimate of drug-likeness (QED) is 0.319. The van der Waals surface area contributed by atoms with Gasteiger partial charge in [-0.2, -0.15) is 0 Å². The van der Waals surface area contributed by atoms with E-state index >= 15 is 0 Å². The molecule has 0 aliphatic heterocycles. The van der Waals surface area contributed by atoms with Gasteiger partial charge in [0, 0.05) is 12.8 Å². The van der Waals surface area contributed by atoms with Gasteiger partial charge in [0.1, 0.15) is 6.10 Å². The minimum Gasteiger partial charge on any atom is -0.476 e. The number of rotatable bonds is 13. The number of carbonyl (C=O) groups is 4. The van der Waals surface area contributed by atoms with Crippen molar-refractivity contribution in [1.29, 1.82) is 0 Å². The molecule has 0 aromatic rings. The molecule has 22 heavy (non-hydrogen) atoms. The first kappa shape index (κ1) is 20.3. The Balaban J connectivity index is 4.30. The molecule has 0 aliphatic carbocycles. The Morgan fingerprint density at radius 3 is 1.95 bits per heavy atom. The standard InChI is InChI=1S/C16H26O6/c1-3-5-7-9-12(8-6-4-2)22-16(21)14(18)11-10-13(17)15(19)20/h12H,3-11H2,1-2H3,(H,19,20). The zero-order valence-corrected chi connectivity index (χ0v) is 13.4. The van der Waals surface area contributed by atoms with Gasteiger partial charge >= 0.3 is 11.9 Å². The van der Waals surface area contributed by atoms with Crippen LogP contribution in [0.2, 0.25) is 0 Å². The molecule has 0 aliphatic rings. The number of unbranched alkanes of at least 4 members (excludes halogenated alkanes) is 3. The highest BCUT2D eigenvalue weighted by molar-refractivity contribution is 6.36. The van der Waals surface area contributed by atoms with Crippen LogP contribution in [0.3, 0.4) is 0 Å². The lowest BCUT2D eigenvalue weighted by Gasteiger charge is -2.17. The Bertz CT molecular complexity index is 388. The number of carboxylic acids is 1. The Kier molecular flexibility index (Phi) is 11.0. The van der Waals surface area contributed by atoms with Crippen LogP contribution in [0.15, 0.2) is 0 Å². The maximum absolute atomic E-state index is 11.7. The summed E-state index contributed by atoms with van der Waals surface area (Å²) in [7, 11) is 0. The summed E-state index contributed by atoms with van der Waals surface area (Å²) in [5, 5.41) is 8.42. The van der Waals surface area contributed by atoms with Gasteiger partial charge in [0.05, 0.1) is 0 Å². The van der Waals surface area contributed by atoms with E-state index in [2.05, 4.69) is 6.92 Å². The number of esters is 1. The number of hydrogen-bond donors (Lipinski definition) is 1. The molecular formula is C16H26O6. The second kappa shape index (κ2) is 11.9. The third kappa shape index (κ3) is 9.26. The van der Waals surface area contributed by atoms with Crippen LogP contribution < -0.4 is 0 Å². The average molecular weight is 314 g/mol. The summed E-state index contributed by atoms with van der Waals surface area (Å²) in [6.45, 7) is 4.11. The maximum Gasteiger partial charge on any atom is 0.374 e. The average Bonchev–Trinajstić information content (AvgIpc) is 2.49. The summed E-state index contributed by atoms with van der Waals surface area (Å²) in [6.07, 6.45) is 5.19. The van der Waals surface area contributed by atoms with E-state index in [1.165, 1.54) is 0 Å². The summed E-state index contributed by atoms with van der Waals surface area (Å²) in [5.74, 6) is -4.48. The zero-order chi connectivity index (χ0) is 17.0. The van der Waals surface area contributed by atoms with Crippen LogP contribution in [0.5, 0.6) is 0 Å². The lowest BCUT2D eigenvalue weighted by atomic mass is 10.1. The van der Waals surface area contributed by atoms with Crippen molar-refractivity contribution in [1.82, 2.24) is 0 Å². The first-order valence-corrected chi connectivity index (χ1v) is 7.92. The predicted octanol–water partition coefficient (Wildman–Crippen LogP) is 2.67. The number of ether oxygens (including phenoxy) is 1. The number of carboxylic acid groups (broad SMARTS) is 1. The highest BCUT2D eigenvalue weighted by atomic mass is 16.5. The van der Waals surface area contributed by atoms with Crippen LogP contribution in [0.4, 0.5) is 0 Å². The van der Waals surface area contributed by atoms with Crippen molar-refractivity contribution in [2.75, 3.05) is 0 Å². The molecule has 0 spiro atoms. The van der Waals surface area contributed by atoms with Crippen LogP contribution in [0.25, 0.3) is 0 Å². The molecule has 0 saturated carbocycles. The van der Waals surface area contributed by atoms with E-state index in [1.807, 2.05) is 6.92 Å². The number of Topliss-reactive ketones (excluding diaryl/α,β-unsaturated/α-hetero) is 2. The van der Waals surface area contributed by atoms with Crippen molar-refractivity contribution in [2.45, 2.75) is 77.7 Å². The third-order valence-corrected chi connectivity index (χ3v) is 3.33. The molecule has 1 unspecified atom stereocenters. The summed E-state index contributed by atoms with van der Waals surface area (Å²) in [5.41, 5.74) is 0. The first-order chi connectivity index (χ1) is 10.4. The topological polar surface area (TPSA) is 97.7 Å². The molecular weight excluding hydrogens is 288 g/mol. The van der Waals surface area contributed by atoms with Crippen LogP contribution in [0, 0.1) is 0 Å². The minimum absolute atomic E-state index is 0.280. The second-order valence-corrected chi connectivity index (χ2v) is 5.32. The number of hydrogen-bond acceptors (Lipinski definition) is 5. The van der Waals surface area contributed by atoms with Gasteiger partial charge in [0.2, 0.25) is 11.6 Å². The molecule has 126 valence electrons. The maximum atomic E-state index is 11.7. The lowest BCUT2D eigenvalue weighted by molar-refractivity contribution is -0.159. The van der Waals surface area contributed by atoms with Crippen molar-refractivity contribution in [2.24, 2.45) is 0 Å². The van der Waals surface area contributed by atoms with Crippen molar-refractivity contribution in [3.05, 3.63) is 0 Å². The smallest absolute Gasteiger partial charge is 0.374 e. The molecule has 0 bridgehead atoms. The molecule has 1 atom stereocenters. The minimum atomic E-state index is -1.60. The second-order valence-electron chi connectivity index (χ2n) is 5.32. The fraction of sp³-hybridized carbons (Fsp3) is 0.750. The summed E-state index contributed by atoms with van der Waals surface area (Å²) < 4.78 is 5.21. The van der Waals surface area contributed by atoms with Crippen molar-refractivity contribution in [3.8, 4) is 0 Å². The van der Waals surface area contributed by atoms with E-state index in [9.17, 15) is 19.2 Å². The zero-order valence-electron chi connectivity index (χ0n) is 13.4. The molecule has 6 nitrogen and oxygen atoms in total. The molecule has 6 heteroatoms. The molecule has 0 rings (SSSR count). The molecule has 1 N–H and O–H groups in total. The fourth-order valence-electron chi connectivity index (χ4n) is 1.97. The van der Waals surface area contributed by atoms with Gasteiger partial charge in [-0.25, -0.2) is 9.59 Å².